The molecule has 1 fully saturated rings. The Morgan fingerprint density at radius 1 is 1.59 bits per heavy atom. The van der Waals surface area contributed by atoms with E-state index >= 15 is 0 Å². The molecule has 0 unspecified atom stereocenters. The first-order chi connectivity index (χ1) is 8.20. The van der Waals surface area contributed by atoms with Crippen LogP contribution in [0.3, 0.4) is 0 Å². The molecule has 1 saturated carbocycles. The van der Waals surface area contributed by atoms with Gasteiger partial charge in [-0.05, 0) is 19.3 Å². The number of hydrogen-bond acceptors (Lipinski definition) is 2. The quantitative estimate of drug-likeness (QED) is 0.770. The standard InChI is InChI=1S/C12H20N4O/c1-3-4-7-13-12(17)14-11-8-10(9-5-6-9)15-16(11)2/h8-9H,3-7H2,1-2H3,(H2,13,14,17). The minimum Gasteiger partial charge on any atom is -0.338 e. The summed E-state index contributed by atoms with van der Waals surface area (Å²) in [7, 11) is 1.85. The average Bonchev–Trinajstić information content (AvgIpc) is 3.06. The van der Waals surface area contributed by atoms with Crippen molar-refractivity contribution in [2.24, 2.45) is 7.05 Å². The zero-order chi connectivity index (χ0) is 12.3. The minimum absolute atomic E-state index is 0.149. The van der Waals surface area contributed by atoms with Gasteiger partial charge in [0.25, 0.3) is 0 Å². The van der Waals surface area contributed by atoms with E-state index in [0.717, 1.165) is 30.9 Å². The summed E-state index contributed by atoms with van der Waals surface area (Å²) < 4.78 is 1.73. The lowest BCUT2D eigenvalue weighted by Crippen LogP contribution is -2.30. The van der Waals surface area contributed by atoms with Crippen LogP contribution in [0.5, 0.6) is 0 Å². The van der Waals surface area contributed by atoms with Gasteiger partial charge in [0.05, 0.1) is 5.69 Å². The van der Waals surface area contributed by atoms with Gasteiger partial charge in [0.2, 0.25) is 0 Å². The number of nitrogens with zero attached hydrogens (tertiary/aromatic N) is 2. The van der Waals surface area contributed by atoms with Gasteiger partial charge in [-0.1, -0.05) is 13.3 Å². The average molecular weight is 236 g/mol. The number of aromatic nitrogens is 2. The Bertz CT molecular complexity index is 395. The second-order valence-corrected chi connectivity index (χ2v) is 4.59. The number of urea groups is 1. The van der Waals surface area contributed by atoms with Gasteiger partial charge >= 0.3 is 6.03 Å². The molecule has 0 bridgehead atoms. The van der Waals surface area contributed by atoms with Gasteiger partial charge in [-0.3, -0.25) is 10.00 Å². The van der Waals surface area contributed by atoms with Gasteiger partial charge in [0.1, 0.15) is 5.82 Å². The maximum atomic E-state index is 11.6. The van der Waals surface area contributed by atoms with E-state index in [1.165, 1.54) is 12.8 Å². The molecule has 0 atom stereocenters. The number of hydrogen-bond donors (Lipinski definition) is 2. The molecule has 1 aromatic rings. The number of aryl methyl sites for hydroxylation is 1. The molecule has 2 N–H and O–H groups in total. The van der Waals surface area contributed by atoms with Gasteiger partial charge in [-0.25, -0.2) is 4.79 Å². The van der Waals surface area contributed by atoms with Gasteiger partial charge in [0, 0.05) is 25.6 Å². The fraction of sp³-hybridized carbons (Fsp3) is 0.667. The number of carbonyl (C=O) groups is 1. The molecule has 1 aromatic heterocycles. The molecule has 2 amide bonds. The summed E-state index contributed by atoms with van der Waals surface area (Å²) in [6, 6.07) is 1.82. The lowest BCUT2D eigenvalue weighted by molar-refractivity contribution is 0.252. The lowest BCUT2D eigenvalue weighted by atomic mass is 10.3. The van der Waals surface area contributed by atoms with Crippen molar-refractivity contribution in [1.29, 1.82) is 0 Å². The molecule has 5 nitrogen and oxygen atoms in total. The summed E-state index contributed by atoms with van der Waals surface area (Å²) in [6.07, 6.45) is 4.53. The number of carbonyl (C=O) groups excluding carboxylic acids is 1. The molecule has 0 radical (unpaired) electrons. The molecular formula is C12H20N4O. The van der Waals surface area contributed by atoms with Crippen molar-refractivity contribution in [2.75, 3.05) is 11.9 Å². The number of amides is 2. The molecule has 17 heavy (non-hydrogen) atoms. The largest absolute Gasteiger partial charge is 0.338 e. The second kappa shape index (κ2) is 5.21. The molecular weight excluding hydrogens is 216 g/mol. The monoisotopic (exact) mass is 236 g/mol. The summed E-state index contributed by atoms with van der Waals surface area (Å²) in [5.74, 6) is 1.38. The van der Waals surface area contributed by atoms with Crippen molar-refractivity contribution in [2.45, 2.75) is 38.5 Å². The van der Waals surface area contributed by atoms with E-state index in [1.807, 2.05) is 13.1 Å². The third kappa shape index (κ3) is 3.22. The van der Waals surface area contributed by atoms with Crippen LogP contribution >= 0.6 is 0 Å². The normalized spacial score (nSPS) is 14.7. The predicted octanol–water partition coefficient (Wildman–Crippen LogP) is 2.22. The van der Waals surface area contributed by atoms with Crippen LogP contribution in [0.1, 0.15) is 44.2 Å². The van der Waals surface area contributed by atoms with Crippen LogP contribution in [0, 0.1) is 0 Å². The smallest absolute Gasteiger partial charge is 0.320 e. The highest BCUT2D eigenvalue weighted by atomic mass is 16.2. The van der Waals surface area contributed by atoms with Crippen LogP contribution in [0.4, 0.5) is 10.6 Å². The molecule has 5 heteroatoms. The molecule has 94 valence electrons. The molecule has 0 aromatic carbocycles. The van der Waals surface area contributed by atoms with Crippen LogP contribution in [0.15, 0.2) is 6.07 Å². The van der Waals surface area contributed by atoms with E-state index < -0.39 is 0 Å². The van der Waals surface area contributed by atoms with Crippen molar-refractivity contribution in [3.8, 4) is 0 Å². The number of nitrogens with one attached hydrogen (secondary N) is 2. The van der Waals surface area contributed by atoms with Crippen LogP contribution in [0.25, 0.3) is 0 Å². The number of anilines is 1. The second-order valence-electron chi connectivity index (χ2n) is 4.59. The van der Waals surface area contributed by atoms with E-state index in [2.05, 4.69) is 22.7 Å². The van der Waals surface area contributed by atoms with E-state index in [9.17, 15) is 4.79 Å². The first-order valence-electron chi connectivity index (χ1n) is 6.29. The van der Waals surface area contributed by atoms with E-state index in [-0.39, 0.29) is 6.03 Å². The number of unbranched alkanes of at least 4 members (excludes halogenated alkanes) is 1. The Kier molecular flexibility index (Phi) is 3.66. The maximum Gasteiger partial charge on any atom is 0.320 e. The van der Waals surface area contributed by atoms with Crippen LogP contribution < -0.4 is 10.6 Å². The van der Waals surface area contributed by atoms with Gasteiger partial charge in [0.15, 0.2) is 0 Å². The Morgan fingerprint density at radius 3 is 3.00 bits per heavy atom. The SMILES string of the molecule is CCCCNC(=O)Nc1cc(C2CC2)nn1C. The van der Waals surface area contributed by atoms with Crippen LogP contribution in [-0.2, 0) is 7.05 Å². The summed E-state index contributed by atoms with van der Waals surface area (Å²) in [5.41, 5.74) is 1.09. The molecule has 0 spiro atoms. The summed E-state index contributed by atoms with van der Waals surface area (Å²) >= 11 is 0. The first-order valence-corrected chi connectivity index (χ1v) is 6.29. The van der Waals surface area contributed by atoms with Gasteiger partial charge < -0.3 is 5.32 Å². The Hall–Kier alpha value is -1.52. The molecule has 1 aliphatic carbocycles. The summed E-state index contributed by atoms with van der Waals surface area (Å²) in [4.78, 5) is 11.6. The van der Waals surface area contributed by atoms with Crippen molar-refractivity contribution in [1.82, 2.24) is 15.1 Å². The van der Waals surface area contributed by atoms with Crippen molar-refractivity contribution in [3.63, 3.8) is 0 Å². The lowest BCUT2D eigenvalue weighted by Gasteiger charge is -2.06. The van der Waals surface area contributed by atoms with Gasteiger partial charge in [-0.15, -0.1) is 0 Å². The fourth-order valence-corrected chi connectivity index (χ4v) is 1.72. The third-order valence-corrected chi connectivity index (χ3v) is 2.95. The summed E-state index contributed by atoms with van der Waals surface area (Å²) in [6.45, 7) is 2.82. The minimum atomic E-state index is -0.149. The van der Waals surface area contributed by atoms with E-state index in [0.29, 0.717) is 5.92 Å². The summed E-state index contributed by atoms with van der Waals surface area (Å²) in [5, 5.41) is 10.0. The highest BCUT2D eigenvalue weighted by molar-refractivity contribution is 5.88. The predicted molar refractivity (Wildman–Crippen MR) is 67.1 cm³/mol. The van der Waals surface area contributed by atoms with Crippen LogP contribution in [0.2, 0.25) is 0 Å². The zero-order valence-electron chi connectivity index (χ0n) is 10.5. The van der Waals surface area contributed by atoms with Crippen LogP contribution in [-0.4, -0.2) is 22.4 Å². The Balaban J connectivity index is 1.86. The first kappa shape index (κ1) is 12.0. The van der Waals surface area contributed by atoms with Crippen molar-refractivity contribution < 1.29 is 4.79 Å². The highest BCUT2D eigenvalue weighted by Gasteiger charge is 2.27. The fourth-order valence-electron chi connectivity index (χ4n) is 1.72. The zero-order valence-corrected chi connectivity index (χ0v) is 10.5. The Morgan fingerprint density at radius 2 is 2.35 bits per heavy atom. The topological polar surface area (TPSA) is 59.0 Å². The molecule has 1 aliphatic rings. The molecule has 2 rings (SSSR count). The maximum absolute atomic E-state index is 11.6. The molecule has 0 aliphatic heterocycles. The van der Waals surface area contributed by atoms with Crippen molar-refractivity contribution >= 4 is 11.8 Å². The van der Waals surface area contributed by atoms with Gasteiger partial charge in [-0.2, -0.15) is 5.10 Å². The molecule has 0 saturated heterocycles. The molecule has 1 heterocycles. The number of rotatable bonds is 5. The van der Waals surface area contributed by atoms with Crippen molar-refractivity contribution in [3.05, 3.63) is 11.8 Å². The highest BCUT2D eigenvalue weighted by Crippen LogP contribution is 2.39. The Labute approximate surface area is 102 Å². The van der Waals surface area contributed by atoms with E-state index in [4.69, 9.17) is 0 Å². The van der Waals surface area contributed by atoms with E-state index in [1.54, 1.807) is 4.68 Å². The third-order valence-electron chi connectivity index (χ3n) is 2.95.